The number of aliphatic imine (C=N–C) groups is 1. The summed E-state index contributed by atoms with van der Waals surface area (Å²) in [5.74, 6) is 4.07. The maximum atomic E-state index is 13.3. The molecule has 10 nitrogen and oxygen atoms in total. The van der Waals surface area contributed by atoms with Gasteiger partial charge in [-0.15, -0.1) is 0 Å². The molecule has 0 bridgehead atoms. The van der Waals surface area contributed by atoms with Crippen LogP contribution in [0.3, 0.4) is 0 Å². The number of amides is 1. The molecule has 7 N–H and O–H groups in total. The molecule has 0 aliphatic carbocycles. The summed E-state index contributed by atoms with van der Waals surface area (Å²) in [7, 11) is 0. The van der Waals surface area contributed by atoms with Gasteiger partial charge in [0.15, 0.2) is 12.0 Å². The van der Waals surface area contributed by atoms with Gasteiger partial charge in [-0.25, -0.2) is 10.2 Å². The van der Waals surface area contributed by atoms with Gasteiger partial charge in [0.2, 0.25) is 0 Å². The molecule has 1 aliphatic rings. The van der Waals surface area contributed by atoms with Gasteiger partial charge in [-0.2, -0.15) is 5.06 Å². The predicted molar refractivity (Wildman–Crippen MR) is 87.0 cm³/mol. The van der Waals surface area contributed by atoms with Crippen molar-refractivity contribution in [2.24, 2.45) is 27.5 Å². The summed E-state index contributed by atoms with van der Waals surface area (Å²) in [5.41, 5.74) is 10.7. The van der Waals surface area contributed by atoms with Gasteiger partial charge in [-0.1, -0.05) is 5.16 Å². The molecule has 0 spiro atoms. The van der Waals surface area contributed by atoms with E-state index >= 15 is 0 Å². The van der Waals surface area contributed by atoms with Crippen molar-refractivity contribution in [3.63, 3.8) is 0 Å². The molecule has 1 amide bonds. The zero-order chi connectivity index (χ0) is 17.9. The van der Waals surface area contributed by atoms with E-state index in [-0.39, 0.29) is 34.8 Å². The van der Waals surface area contributed by atoms with Crippen LogP contribution in [-0.2, 0) is 9.73 Å². The third-order valence-electron chi connectivity index (χ3n) is 3.08. The van der Waals surface area contributed by atoms with Crippen LogP contribution in [0.2, 0.25) is 0 Å². The minimum Gasteiger partial charge on any atom is -0.370 e. The van der Waals surface area contributed by atoms with Crippen LogP contribution in [-0.4, -0.2) is 40.5 Å². The quantitative estimate of drug-likeness (QED) is 0.174. The lowest BCUT2D eigenvalue weighted by Gasteiger charge is -2.22. The van der Waals surface area contributed by atoms with Gasteiger partial charge >= 0.3 is 0 Å². The molecule has 0 radical (unpaired) electrons. The molecule has 0 saturated carbocycles. The largest absolute Gasteiger partial charge is 0.370 e. The fourth-order valence-corrected chi connectivity index (χ4v) is 2.30. The maximum absolute atomic E-state index is 13.3. The summed E-state index contributed by atoms with van der Waals surface area (Å²) in [6, 6.07) is 2.38. The number of hydrogen-bond donors (Lipinski definition) is 4. The van der Waals surface area contributed by atoms with E-state index in [0.29, 0.717) is 10.2 Å². The lowest BCUT2D eigenvalue weighted by molar-refractivity contribution is -0.167. The van der Waals surface area contributed by atoms with E-state index in [1.165, 1.54) is 12.1 Å². The Bertz CT molecular complexity index is 695. The number of hydroxylamine groups is 2. The zero-order valence-corrected chi connectivity index (χ0v) is 13.9. The van der Waals surface area contributed by atoms with E-state index in [2.05, 4.69) is 26.1 Å². The molecule has 1 heterocycles. The Morgan fingerprint density at radius 1 is 1.54 bits per heavy atom. The van der Waals surface area contributed by atoms with Gasteiger partial charge in [-0.3, -0.25) is 19.9 Å². The molecule has 0 fully saturated rings. The number of oxime groups is 1. The Labute approximate surface area is 144 Å². The lowest BCUT2D eigenvalue weighted by atomic mass is 10.1. The Hall–Kier alpha value is -2.28. The average molecular weight is 404 g/mol. The van der Waals surface area contributed by atoms with E-state index in [1.54, 1.807) is 0 Å². The predicted octanol–water partition coefficient (Wildman–Crippen LogP) is -0.181. The highest BCUT2D eigenvalue weighted by molar-refractivity contribution is 9.10. The second-order valence-electron chi connectivity index (χ2n) is 4.73. The van der Waals surface area contributed by atoms with Crippen LogP contribution in [0.5, 0.6) is 0 Å². The SMILES string of the molecule is NC(N)=NCCC1=NON(N)C1C(=O)N(O)c1ccc(F)c(Br)c1. The van der Waals surface area contributed by atoms with Crippen molar-refractivity contribution in [1.29, 1.82) is 0 Å². The van der Waals surface area contributed by atoms with Crippen LogP contribution in [0, 0.1) is 5.82 Å². The number of carbonyl (C=O) groups excluding carboxylic acids is 1. The number of rotatable bonds is 5. The van der Waals surface area contributed by atoms with E-state index in [9.17, 15) is 14.4 Å². The van der Waals surface area contributed by atoms with Crippen LogP contribution in [0.15, 0.2) is 32.8 Å². The first kappa shape index (κ1) is 18.1. The first-order valence-electron chi connectivity index (χ1n) is 6.62. The van der Waals surface area contributed by atoms with Gasteiger partial charge in [-0.05, 0) is 39.3 Å². The Kier molecular flexibility index (Phi) is 5.66. The van der Waals surface area contributed by atoms with Crippen LogP contribution in [0.25, 0.3) is 0 Å². The van der Waals surface area contributed by atoms with Crippen LogP contribution >= 0.6 is 15.9 Å². The van der Waals surface area contributed by atoms with Gasteiger partial charge in [0.25, 0.3) is 5.91 Å². The monoisotopic (exact) mass is 403 g/mol. The molecule has 1 aliphatic heterocycles. The Morgan fingerprint density at radius 2 is 2.25 bits per heavy atom. The van der Waals surface area contributed by atoms with E-state index in [1.807, 2.05) is 0 Å². The molecule has 0 aromatic heterocycles. The molecule has 1 unspecified atom stereocenters. The third kappa shape index (κ3) is 3.97. The highest BCUT2D eigenvalue weighted by Crippen LogP contribution is 2.24. The molecule has 1 aromatic carbocycles. The molecular weight excluding hydrogens is 389 g/mol. The number of guanidine groups is 1. The molecule has 24 heavy (non-hydrogen) atoms. The topological polar surface area (TPSA) is 156 Å². The van der Waals surface area contributed by atoms with E-state index in [4.69, 9.17) is 22.2 Å². The number of nitrogens with two attached hydrogens (primary N) is 3. The fourth-order valence-electron chi connectivity index (χ4n) is 1.94. The lowest BCUT2D eigenvalue weighted by Crippen LogP contribution is -2.51. The van der Waals surface area contributed by atoms with Crippen LogP contribution in [0.4, 0.5) is 10.1 Å². The highest BCUT2D eigenvalue weighted by Gasteiger charge is 2.39. The number of hydrogen-bond acceptors (Lipinski definition) is 7. The second-order valence-corrected chi connectivity index (χ2v) is 5.59. The second kappa shape index (κ2) is 7.53. The number of anilines is 1. The van der Waals surface area contributed by atoms with Gasteiger partial charge in [0, 0.05) is 13.0 Å². The van der Waals surface area contributed by atoms with Crippen molar-refractivity contribution in [3.05, 3.63) is 28.5 Å². The van der Waals surface area contributed by atoms with Crippen molar-refractivity contribution in [2.45, 2.75) is 12.5 Å². The summed E-state index contributed by atoms with van der Waals surface area (Å²) in [6.07, 6.45) is 0.183. The smallest absolute Gasteiger partial charge is 0.279 e. The summed E-state index contributed by atoms with van der Waals surface area (Å²) in [6.45, 7) is 0.162. The van der Waals surface area contributed by atoms with Crippen LogP contribution in [0.1, 0.15) is 6.42 Å². The number of carbonyl (C=O) groups is 1. The first-order valence-corrected chi connectivity index (χ1v) is 7.41. The minimum absolute atomic E-state index is 0.0390. The van der Waals surface area contributed by atoms with Crippen molar-refractivity contribution in [3.8, 4) is 0 Å². The van der Waals surface area contributed by atoms with Gasteiger partial charge < -0.3 is 11.5 Å². The summed E-state index contributed by atoms with van der Waals surface area (Å²) < 4.78 is 13.3. The molecule has 0 saturated heterocycles. The van der Waals surface area contributed by atoms with Crippen LogP contribution < -0.4 is 22.4 Å². The third-order valence-corrected chi connectivity index (χ3v) is 3.68. The van der Waals surface area contributed by atoms with Gasteiger partial charge in [0.05, 0.1) is 15.9 Å². The maximum Gasteiger partial charge on any atom is 0.279 e. The number of halogens is 2. The average Bonchev–Trinajstić information content (AvgIpc) is 2.89. The summed E-state index contributed by atoms with van der Waals surface area (Å²) >= 11 is 2.97. The highest BCUT2D eigenvalue weighted by atomic mass is 79.9. The Morgan fingerprint density at radius 3 is 2.88 bits per heavy atom. The zero-order valence-electron chi connectivity index (χ0n) is 12.3. The molecule has 1 aromatic rings. The molecule has 1 atom stereocenters. The molecule has 130 valence electrons. The number of hydrazine groups is 1. The fraction of sp³-hybridized carbons (Fsp3) is 0.250. The Balaban J connectivity index is 2.14. The summed E-state index contributed by atoms with van der Waals surface area (Å²) in [5, 5.41) is 14.8. The van der Waals surface area contributed by atoms with E-state index in [0.717, 1.165) is 6.07 Å². The normalized spacial score (nSPS) is 17.2. The van der Waals surface area contributed by atoms with Gasteiger partial charge in [0.1, 0.15) is 5.82 Å². The van der Waals surface area contributed by atoms with Crippen molar-refractivity contribution in [2.75, 3.05) is 11.6 Å². The molecule has 12 heteroatoms. The summed E-state index contributed by atoms with van der Waals surface area (Å²) in [4.78, 5) is 21.0. The minimum atomic E-state index is -1.17. The van der Waals surface area contributed by atoms with Crippen molar-refractivity contribution < 1.29 is 19.3 Å². The van der Waals surface area contributed by atoms with Crippen molar-refractivity contribution >= 4 is 39.2 Å². The van der Waals surface area contributed by atoms with Crippen molar-refractivity contribution in [1.82, 2.24) is 5.17 Å². The number of nitrogens with zero attached hydrogens (tertiary/aromatic N) is 4. The molecular formula is C12H15BrFN7O3. The first-order chi connectivity index (χ1) is 11.3. The molecule has 2 rings (SSSR count). The van der Waals surface area contributed by atoms with E-state index < -0.39 is 17.8 Å². The standard InChI is InChI=1S/C12H15BrFN7O3/c13-7-5-6(1-2-8(7)14)20(23)11(22)10-9(19-24-21(10)17)3-4-18-12(15)16/h1-2,5,10,23H,3-4,17H2,(H4,15,16,18). The number of benzene rings is 1.